The predicted molar refractivity (Wildman–Crippen MR) is 116 cm³/mol. The van der Waals surface area contributed by atoms with E-state index < -0.39 is 0 Å². The van der Waals surface area contributed by atoms with Gasteiger partial charge < -0.3 is 4.90 Å². The number of rotatable bonds is 3. The van der Waals surface area contributed by atoms with E-state index in [9.17, 15) is 14.9 Å². The van der Waals surface area contributed by atoms with Crippen LogP contribution in [0.3, 0.4) is 0 Å². The van der Waals surface area contributed by atoms with Crippen LogP contribution in [-0.2, 0) is 11.8 Å². The van der Waals surface area contributed by atoms with E-state index in [1.807, 2.05) is 24.8 Å². The quantitative estimate of drug-likeness (QED) is 0.549. The van der Waals surface area contributed by atoms with Gasteiger partial charge in [0.1, 0.15) is 21.8 Å². The number of anilines is 1. The summed E-state index contributed by atoms with van der Waals surface area (Å²) in [6.07, 6.45) is 1.79. The first-order valence-corrected chi connectivity index (χ1v) is 11.0. The highest BCUT2D eigenvalue weighted by molar-refractivity contribution is 8.26. The van der Waals surface area contributed by atoms with Crippen molar-refractivity contribution in [2.75, 3.05) is 36.0 Å². The van der Waals surface area contributed by atoms with Gasteiger partial charge in [0.05, 0.1) is 4.91 Å². The summed E-state index contributed by atoms with van der Waals surface area (Å²) < 4.78 is 2.07. The lowest BCUT2D eigenvalue weighted by molar-refractivity contribution is -0.121. The molecule has 0 saturated carbocycles. The number of amides is 1. The number of nitrogens with zero attached hydrogens (tertiary/aromatic N) is 4. The summed E-state index contributed by atoms with van der Waals surface area (Å²) in [5.74, 6) is 2.59. The Morgan fingerprint density at radius 2 is 1.96 bits per heavy atom. The van der Waals surface area contributed by atoms with E-state index in [2.05, 4.69) is 4.90 Å². The van der Waals surface area contributed by atoms with E-state index in [1.54, 1.807) is 24.9 Å². The average Bonchev–Trinajstić information content (AvgIpc) is 2.93. The van der Waals surface area contributed by atoms with Gasteiger partial charge in [0.25, 0.3) is 11.5 Å². The summed E-state index contributed by atoms with van der Waals surface area (Å²) >= 11 is 8.45. The molecule has 0 unspecified atom stereocenters. The SMILES string of the molecule is CCN1C(=O)C(=Cc2c(C)c(C#N)c(=O)n(C)c2N2CCSCC2)SC1=S. The fraction of sp³-hybridized carbons (Fsp3) is 0.444. The summed E-state index contributed by atoms with van der Waals surface area (Å²) in [5.41, 5.74) is 1.17. The van der Waals surface area contributed by atoms with Crippen LogP contribution in [0.4, 0.5) is 5.82 Å². The molecule has 3 heterocycles. The van der Waals surface area contributed by atoms with Gasteiger partial charge in [-0.1, -0.05) is 24.0 Å². The van der Waals surface area contributed by atoms with Gasteiger partial charge in [-0.3, -0.25) is 19.1 Å². The van der Waals surface area contributed by atoms with Crippen molar-refractivity contribution in [2.24, 2.45) is 7.05 Å². The van der Waals surface area contributed by atoms with E-state index in [0.29, 0.717) is 21.3 Å². The minimum atomic E-state index is -0.304. The third-order valence-corrected chi connectivity index (χ3v) is 7.06. The molecule has 2 aliphatic rings. The maximum Gasteiger partial charge on any atom is 0.270 e. The zero-order valence-electron chi connectivity index (χ0n) is 15.4. The van der Waals surface area contributed by atoms with Gasteiger partial charge in [-0.15, -0.1) is 0 Å². The molecule has 1 amide bonds. The molecule has 0 atom stereocenters. The highest BCUT2D eigenvalue weighted by Gasteiger charge is 2.32. The van der Waals surface area contributed by atoms with Crippen LogP contribution in [0, 0.1) is 18.3 Å². The summed E-state index contributed by atoms with van der Waals surface area (Å²) in [7, 11) is 1.69. The first-order valence-electron chi connectivity index (χ1n) is 8.62. The van der Waals surface area contributed by atoms with Crippen LogP contribution in [-0.4, -0.2) is 50.8 Å². The van der Waals surface area contributed by atoms with Gasteiger partial charge in [-0.25, -0.2) is 0 Å². The third kappa shape index (κ3) is 3.53. The van der Waals surface area contributed by atoms with Crippen LogP contribution in [0.2, 0.25) is 0 Å². The molecule has 0 N–H and O–H groups in total. The van der Waals surface area contributed by atoms with E-state index >= 15 is 0 Å². The second-order valence-electron chi connectivity index (χ2n) is 6.24. The zero-order valence-corrected chi connectivity index (χ0v) is 17.9. The highest BCUT2D eigenvalue weighted by atomic mass is 32.2. The summed E-state index contributed by atoms with van der Waals surface area (Å²) in [6.45, 7) is 5.82. The van der Waals surface area contributed by atoms with Crippen LogP contribution < -0.4 is 10.5 Å². The molecule has 0 spiro atoms. The van der Waals surface area contributed by atoms with Crippen molar-refractivity contribution in [2.45, 2.75) is 13.8 Å². The number of thiocarbonyl (C=S) groups is 1. The molecule has 2 saturated heterocycles. The van der Waals surface area contributed by atoms with Crippen LogP contribution >= 0.6 is 35.7 Å². The van der Waals surface area contributed by atoms with Gasteiger partial charge in [0, 0.05) is 43.8 Å². The molecule has 1 aromatic rings. The standard InChI is InChI=1S/C18H20N4O2S3/c1-4-22-17(24)14(27-18(22)25)9-12-11(2)13(10-19)16(23)20(3)15(12)21-5-7-26-8-6-21/h9H,4-8H2,1-3H3. The molecule has 0 bridgehead atoms. The molecule has 142 valence electrons. The van der Waals surface area contributed by atoms with Crippen molar-refractivity contribution in [1.82, 2.24) is 9.47 Å². The van der Waals surface area contributed by atoms with Crippen molar-refractivity contribution in [3.63, 3.8) is 0 Å². The van der Waals surface area contributed by atoms with Crippen LogP contribution in [0.5, 0.6) is 0 Å². The number of pyridine rings is 1. The number of nitriles is 1. The summed E-state index contributed by atoms with van der Waals surface area (Å²) in [6, 6.07) is 2.03. The van der Waals surface area contributed by atoms with Gasteiger partial charge in [0.15, 0.2) is 0 Å². The van der Waals surface area contributed by atoms with Gasteiger partial charge in [-0.05, 0) is 25.5 Å². The largest absolute Gasteiger partial charge is 0.356 e. The Balaban J connectivity index is 2.22. The molecule has 1 aromatic heterocycles. The normalized spacial score (nSPS) is 19.1. The Labute approximate surface area is 172 Å². The fourth-order valence-corrected chi connectivity index (χ4v) is 5.54. The number of thioether (sulfide) groups is 2. The average molecular weight is 421 g/mol. The molecule has 0 aliphatic carbocycles. The Morgan fingerprint density at radius 1 is 1.30 bits per heavy atom. The third-order valence-electron chi connectivity index (χ3n) is 4.74. The number of hydrogen-bond acceptors (Lipinski definition) is 7. The molecule has 6 nitrogen and oxygen atoms in total. The number of aromatic nitrogens is 1. The second-order valence-corrected chi connectivity index (χ2v) is 9.14. The van der Waals surface area contributed by atoms with Crippen molar-refractivity contribution >= 4 is 57.9 Å². The molecule has 27 heavy (non-hydrogen) atoms. The first-order chi connectivity index (χ1) is 12.9. The lowest BCUT2D eigenvalue weighted by Crippen LogP contribution is -2.38. The summed E-state index contributed by atoms with van der Waals surface area (Å²) in [4.78, 5) is 29.6. The zero-order chi connectivity index (χ0) is 19.7. The van der Waals surface area contributed by atoms with Crippen LogP contribution in [0.1, 0.15) is 23.6 Å². The predicted octanol–water partition coefficient (Wildman–Crippen LogP) is 2.34. The Bertz CT molecular complexity index is 939. The maximum absolute atomic E-state index is 12.7. The van der Waals surface area contributed by atoms with Gasteiger partial charge in [-0.2, -0.15) is 17.0 Å². The molecular weight excluding hydrogens is 400 g/mol. The molecule has 3 rings (SSSR count). The van der Waals surface area contributed by atoms with E-state index in [1.165, 1.54) is 16.3 Å². The minimum absolute atomic E-state index is 0.116. The number of carbonyl (C=O) groups excluding carboxylic acids is 1. The monoisotopic (exact) mass is 420 g/mol. The molecule has 0 aromatic carbocycles. The van der Waals surface area contributed by atoms with Crippen LogP contribution in [0.15, 0.2) is 9.70 Å². The number of hydrogen-bond donors (Lipinski definition) is 0. The Morgan fingerprint density at radius 3 is 2.52 bits per heavy atom. The summed E-state index contributed by atoms with van der Waals surface area (Å²) in [5, 5.41) is 9.48. The maximum atomic E-state index is 12.7. The topological polar surface area (TPSA) is 69.3 Å². The molecule has 2 fully saturated rings. The lowest BCUT2D eigenvalue weighted by Gasteiger charge is -2.32. The molecule has 9 heteroatoms. The van der Waals surface area contributed by atoms with Crippen molar-refractivity contribution < 1.29 is 4.79 Å². The lowest BCUT2D eigenvalue weighted by atomic mass is 10.0. The Hall–Kier alpha value is -1.76. The number of carbonyl (C=O) groups is 1. The van der Waals surface area contributed by atoms with Crippen LogP contribution in [0.25, 0.3) is 6.08 Å². The molecule has 2 aliphatic heterocycles. The van der Waals surface area contributed by atoms with E-state index in [0.717, 1.165) is 36.0 Å². The first kappa shape index (κ1) is 20.0. The second kappa shape index (κ2) is 8.09. The van der Waals surface area contributed by atoms with Crippen molar-refractivity contribution in [3.05, 3.63) is 31.9 Å². The highest BCUT2D eigenvalue weighted by Crippen LogP contribution is 2.35. The van der Waals surface area contributed by atoms with E-state index in [4.69, 9.17) is 12.2 Å². The minimum Gasteiger partial charge on any atom is -0.356 e. The Kier molecular flexibility index (Phi) is 5.99. The fourth-order valence-electron chi connectivity index (χ4n) is 3.27. The molecule has 0 radical (unpaired) electrons. The van der Waals surface area contributed by atoms with Gasteiger partial charge in [0.2, 0.25) is 0 Å². The molecular formula is C18H20N4O2S3. The smallest absolute Gasteiger partial charge is 0.270 e. The van der Waals surface area contributed by atoms with E-state index in [-0.39, 0.29) is 17.0 Å². The number of likely N-dealkylation sites (N-methyl/N-ethyl adjacent to an activating group) is 1. The van der Waals surface area contributed by atoms with Crippen molar-refractivity contribution in [3.8, 4) is 6.07 Å². The van der Waals surface area contributed by atoms with Crippen molar-refractivity contribution in [1.29, 1.82) is 5.26 Å². The van der Waals surface area contributed by atoms with Gasteiger partial charge >= 0.3 is 0 Å².